The number of benzene rings is 10. The fourth-order valence-electron chi connectivity index (χ4n) is 10.7. The van der Waals surface area contributed by atoms with E-state index < -0.39 is 0 Å². The van der Waals surface area contributed by atoms with Crippen molar-refractivity contribution in [2.45, 2.75) is 0 Å². The van der Waals surface area contributed by atoms with Gasteiger partial charge in [0.2, 0.25) is 0 Å². The van der Waals surface area contributed by atoms with E-state index in [9.17, 15) is 0 Å². The zero-order chi connectivity index (χ0) is 49.0. The quantitative estimate of drug-likeness (QED) is 0.145. The lowest BCUT2D eigenvalue weighted by molar-refractivity contribution is 1.01. The predicted molar refractivity (Wildman–Crippen MR) is 307 cm³/mol. The van der Waals surface area contributed by atoms with Crippen molar-refractivity contribution in [2.75, 3.05) is 0 Å². The number of rotatable bonds is 9. The van der Waals surface area contributed by atoms with Gasteiger partial charge < -0.3 is 0 Å². The Morgan fingerprint density at radius 3 is 0.811 bits per heavy atom. The van der Waals surface area contributed by atoms with E-state index in [4.69, 9.17) is 15.0 Å². The summed E-state index contributed by atoms with van der Waals surface area (Å²) >= 11 is 0. The van der Waals surface area contributed by atoms with Crippen molar-refractivity contribution in [2.24, 2.45) is 0 Å². The van der Waals surface area contributed by atoms with E-state index in [2.05, 4.69) is 258 Å². The summed E-state index contributed by atoms with van der Waals surface area (Å²) in [6.45, 7) is 0. The first kappa shape index (κ1) is 42.9. The van der Waals surface area contributed by atoms with Gasteiger partial charge >= 0.3 is 0 Å². The topological polar surface area (TPSA) is 48.5 Å². The van der Waals surface area contributed by atoms with E-state index >= 15 is 0 Å². The molecule has 0 aliphatic rings. The molecule has 74 heavy (non-hydrogen) atoms. The zero-order valence-electron chi connectivity index (χ0n) is 40.2. The van der Waals surface area contributed by atoms with Gasteiger partial charge in [0.1, 0.15) is 11.6 Å². The van der Waals surface area contributed by atoms with Gasteiger partial charge in [0, 0.05) is 38.2 Å². The van der Waals surface area contributed by atoms with Crippen LogP contribution in [0.3, 0.4) is 0 Å². The Balaban J connectivity index is 1.07. The molecule has 0 aliphatic heterocycles. The van der Waals surface area contributed by atoms with Crippen LogP contribution in [0.15, 0.2) is 273 Å². The van der Waals surface area contributed by atoms with E-state index in [1.54, 1.807) is 0 Å². The molecule has 0 amide bonds. The highest BCUT2D eigenvalue weighted by Crippen LogP contribution is 2.41. The Kier molecular flexibility index (Phi) is 10.4. The lowest BCUT2D eigenvalue weighted by atomic mass is 10.0. The van der Waals surface area contributed by atoms with Crippen molar-refractivity contribution in [3.8, 4) is 90.0 Å². The van der Waals surface area contributed by atoms with Crippen LogP contribution in [0.2, 0.25) is 0 Å². The predicted octanol–water partition coefficient (Wildman–Crippen LogP) is 17.7. The molecule has 5 nitrogen and oxygen atoms in total. The SMILES string of the molecule is c1ccc(-c2ccc3c(c2)c2cc(-c4ccccc4)ccc2n3-c2cc(-c3cc(-c4ccccc4)nc(-c4ccccc4)n3)cc(-n3c4ccc(-c5ccccc5)cc4c4cc(-c5ccccc5)ccc43)n2)cc1. The van der Waals surface area contributed by atoms with Crippen LogP contribution in [0.1, 0.15) is 0 Å². The van der Waals surface area contributed by atoms with Gasteiger partial charge in [0.05, 0.1) is 33.5 Å². The Hall–Kier alpha value is -9.97. The van der Waals surface area contributed by atoms with E-state index in [1.165, 1.54) is 22.3 Å². The third-order valence-electron chi connectivity index (χ3n) is 14.3. The van der Waals surface area contributed by atoms with Crippen LogP contribution in [0.25, 0.3) is 134 Å². The molecule has 0 saturated heterocycles. The second-order valence-corrected chi connectivity index (χ2v) is 18.8. The maximum atomic E-state index is 5.81. The Morgan fingerprint density at radius 1 is 0.203 bits per heavy atom. The average Bonchev–Trinajstić information content (AvgIpc) is 4.02. The summed E-state index contributed by atoms with van der Waals surface area (Å²) in [4.78, 5) is 16.4. The standard InChI is InChI=1S/C69H45N5/c1-7-19-46(20-8-1)52-31-35-63-57(39-52)58-40-53(47-21-9-2-10-22-47)32-36-64(58)73(63)67-43-56(62-45-61(50-27-15-5-16-28-50)70-69(71-62)51-29-17-6-18-30-51)44-68(72-67)74-65-37-33-54(48-23-11-3-12-24-48)41-59(65)60-42-55(34-38-66(60)74)49-25-13-4-14-26-49/h1-45H. The van der Waals surface area contributed by atoms with Gasteiger partial charge in [-0.2, -0.15) is 0 Å². The normalized spacial score (nSPS) is 11.5. The second-order valence-electron chi connectivity index (χ2n) is 18.8. The van der Waals surface area contributed by atoms with E-state index in [1.807, 2.05) is 24.3 Å². The summed E-state index contributed by atoms with van der Waals surface area (Å²) in [7, 11) is 0. The van der Waals surface area contributed by atoms with Crippen molar-refractivity contribution in [3.63, 3.8) is 0 Å². The molecule has 5 heteroatoms. The largest absolute Gasteiger partial charge is 0.294 e. The molecule has 10 aromatic carbocycles. The van der Waals surface area contributed by atoms with Gasteiger partial charge in [-0.1, -0.05) is 206 Å². The fraction of sp³-hybridized carbons (Fsp3) is 0. The number of fused-ring (bicyclic) bond motifs is 6. The van der Waals surface area contributed by atoms with Crippen LogP contribution in [0.4, 0.5) is 0 Å². The molecule has 0 N–H and O–H groups in total. The van der Waals surface area contributed by atoms with E-state index in [-0.39, 0.29) is 0 Å². The fourth-order valence-corrected chi connectivity index (χ4v) is 10.7. The Bertz CT molecular complexity index is 3910. The lowest BCUT2D eigenvalue weighted by Crippen LogP contribution is -2.05. The minimum absolute atomic E-state index is 0.652. The first-order chi connectivity index (χ1) is 36.7. The Labute approximate surface area is 428 Å². The minimum atomic E-state index is 0.652. The summed E-state index contributed by atoms with van der Waals surface area (Å²) in [6, 6.07) is 97.1. The molecule has 0 aliphatic carbocycles. The van der Waals surface area contributed by atoms with Gasteiger partial charge in [-0.3, -0.25) is 9.13 Å². The smallest absolute Gasteiger partial charge is 0.160 e. The van der Waals surface area contributed by atoms with Crippen molar-refractivity contribution in [1.29, 1.82) is 0 Å². The maximum Gasteiger partial charge on any atom is 0.160 e. The molecule has 0 radical (unpaired) electrons. The number of nitrogens with zero attached hydrogens (tertiary/aromatic N) is 5. The van der Waals surface area contributed by atoms with Crippen LogP contribution in [0.5, 0.6) is 0 Å². The summed E-state index contributed by atoms with van der Waals surface area (Å²) in [6.07, 6.45) is 0. The van der Waals surface area contributed by atoms with Crippen LogP contribution in [-0.2, 0) is 0 Å². The number of hydrogen-bond donors (Lipinski definition) is 0. The molecule has 14 aromatic rings. The van der Waals surface area contributed by atoms with Gasteiger partial charge in [0.25, 0.3) is 0 Å². The van der Waals surface area contributed by atoms with Crippen LogP contribution < -0.4 is 0 Å². The summed E-state index contributed by atoms with van der Waals surface area (Å²) in [5, 5.41) is 4.58. The van der Waals surface area contributed by atoms with Gasteiger partial charge in [-0.05, 0) is 111 Å². The molecule has 0 atom stereocenters. The third-order valence-corrected chi connectivity index (χ3v) is 14.3. The van der Waals surface area contributed by atoms with E-state index in [0.29, 0.717) is 5.82 Å². The molecular weight excluding hydrogens is 899 g/mol. The summed E-state index contributed by atoms with van der Waals surface area (Å²) in [5.74, 6) is 2.20. The first-order valence-corrected chi connectivity index (χ1v) is 25.1. The molecule has 0 unspecified atom stereocenters. The summed E-state index contributed by atoms with van der Waals surface area (Å²) < 4.78 is 4.68. The molecule has 4 heterocycles. The minimum Gasteiger partial charge on any atom is -0.294 e. The molecule has 346 valence electrons. The van der Waals surface area contributed by atoms with Crippen LogP contribution in [-0.4, -0.2) is 24.1 Å². The first-order valence-electron chi connectivity index (χ1n) is 25.1. The van der Waals surface area contributed by atoms with Crippen LogP contribution in [0, 0.1) is 0 Å². The molecule has 0 bridgehead atoms. The number of hydrogen-bond acceptors (Lipinski definition) is 3. The second kappa shape index (κ2) is 18.0. The molecule has 0 spiro atoms. The number of aromatic nitrogens is 5. The van der Waals surface area contributed by atoms with Crippen LogP contribution >= 0.6 is 0 Å². The average molecular weight is 944 g/mol. The molecule has 4 aromatic heterocycles. The highest BCUT2D eigenvalue weighted by molar-refractivity contribution is 6.13. The zero-order valence-corrected chi connectivity index (χ0v) is 40.2. The maximum absolute atomic E-state index is 5.81. The van der Waals surface area contributed by atoms with Crippen molar-refractivity contribution >= 4 is 43.6 Å². The molecular formula is C69H45N5. The van der Waals surface area contributed by atoms with Crippen molar-refractivity contribution < 1.29 is 0 Å². The van der Waals surface area contributed by atoms with Gasteiger partial charge in [-0.15, -0.1) is 0 Å². The third kappa shape index (κ3) is 7.63. The summed E-state index contributed by atoms with van der Waals surface area (Å²) in [5.41, 5.74) is 18.0. The molecule has 14 rings (SSSR count). The molecule has 0 saturated carbocycles. The number of pyridine rings is 1. The highest BCUT2D eigenvalue weighted by atomic mass is 15.1. The van der Waals surface area contributed by atoms with Crippen molar-refractivity contribution in [3.05, 3.63) is 273 Å². The molecule has 0 fully saturated rings. The highest BCUT2D eigenvalue weighted by Gasteiger charge is 2.22. The Morgan fingerprint density at radius 2 is 0.486 bits per heavy atom. The lowest BCUT2D eigenvalue weighted by Gasteiger charge is -2.16. The van der Waals surface area contributed by atoms with E-state index in [0.717, 1.165) is 106 Å². The van der Waals surface area contributed by atoms with Gasteiger partial charge in [-0.25, -0.2) is 15.0 Å². The van der Waals surface area contributed by atoms with Crippen molar-refractivity contribution in [1.82, 2.24) is 24.1 Å². The van der Waals surface area contributed by atoms with Gasteiger partial charge in [0.15, 0.2) is 5.82 Å². The monoisotopic (exact) mass is 943 g/mol.